The van der Waals surface area contributed by atoms with Gasteiger partial charge in [-0.25, -0.2) is 15.3 Å². The van der Waals surface area contributed by atoms with Gasteiger partial charge in [0.1, 0.15) is 22.8 Å². The summed E-state index contributed by atoms with van der Waals surface area (Å²) in [5, 5.41) is 8.82. The molecule has 0 saturated carbocycles. The molecule has 0 aliphatic carbocycles. The summed E-state index contributed by atoms with van der Waals surface area (Å²) >= 11 is 0. The number of benzene rings is 1. The normalized spacial score (nSPS) is 19.2. The first kappa shape index (κ1) is 18.5. The summed E-state index contributed by atoms with van der Waals surface area (Å²) in [6.45, 7) is 1.68. The van der Waals surface area contributed by atoms with Gasteiger partial charge in [0, 0.05) is 6.08 Å². The van der Waals surface area contributed by atoms with Gasteiger partial charge in [-0.05, 0) is 36.8 Å². The quantitative estimate of drug-likeness (QED) is 0.820. The number of hydrogen-bond donors (Lipinski definition) is 2. The number of carboxylic acids is 1. The van der Waals surface area contributed by atoms with Crippen LogP contribution in [0.15, 0.2) is 54.6 Å². The summed E-state index contributed by atoms with van der Waals surface area (Å²) in [5.41, 5.74) is 2.00. The second-order valence-corrected chi connectivity index (χ2v) is 5.68. The number of hydroxylamine groups is 1. The number of nitrogens with zero attached hydrogens (tertiary/aromatic N) is 1. The van der Waals surface area contributed by atoms with Crippen LogP contribution in [0.4, 0.5) is 13.2 Å². The number of pyridine rings is 1. The molecule has 1 aromatic heterocycles. The van der Waals surface area contributed by atoms with Crippen LogP contribution in [-0.4, -0.2) is 22.4 Å². The van der Waals surface area contributed by atoms with Gasteiger partial charge >= 0.3 is 12.3 Å². The van der Waals surface area contributed by atoms with Gasteiger partial charge in [0.15, 0.2) is 0 Å². The van der Waals surface area contributed by atoms with E-state index in [2.05, 4.69) is 15.2 Å². The van der Waals surface area contributed by atoms with Crippen molar-refractivity contribution in [3.63, 3.8) is 0 Å². The first-order chi connectivity index (χ1) is 12.6. The maximum Gasteiger partial charge on any atom is 0.573 e. The minimum Gasteiger partial charge on any atom is -0.477 e. The van der Waals surface area contributed by atoms with Crippen molar-refractivity contribution < 1.29 is 37.4 Å². The van der Waals surface area contributed by atoms with Gasteiger partial charge in [-0.1, -0.05) is 12.1 Å². The lowest BCUT2D eigenvalue weighted by Crippen LogP contribution is -2.23. The molecule has 142 valence electrons. The predicted molar refractivity (Wildman–Crippen MR) is 84.6 cm³/mol. The number of aromatic nitrogens is 1. The van der Waals surface area contributed by atoms with Crippen LogP contribution in [0.3, 0.4) is 0 Å². The number of alkyl halides is 3. The van der Waals surface area contributed by atoms with E-state index in [1.54, 1.807) is 13.0 Å². The van der Waals surface area contributed by atoms with E-state index in [0.29, 0.717) is 5.56 Å². The van der Waals surface area contributed by atoms with Crippen molar-refractivity contribution in [2.45, 2.75) is 18.9 Å². The topological polar surface area (TPSA) is 89.9 Å². The minimum atomic E-state index is -4.76. The van der Waals surface area contributed by atoms with Crippen molar-refractivity contribution in [1.82, 2.24) is 10.5 Å². The molecule has 1 unspecified atom stereocenters. The van der Waals surface area contributed by atoms with Crippen LogP contribution in [-0.2, 0) is 10.4 Å². The van der Waals surface area contributed by atoms with Crippen molar-refractivity contribution in [3.8, 4) is 11.5 Å². The molecular weight excluding hydrogens is 369 g/mol. The van der Waals surface area contributed by atoms with E-state index >= 15 is 0 Å². The smallest absolute Gasteiger partial charge is 0.477 e. The van der Waals surface area contributed by atoms with Crippen LogP contribution in [0.5, 0.6) is 11.5 Å². The molecule has 0 saturated heterocycles. The van der Waals surface area contributed by atoms with Gasteiger partial charge in [-0.3, -0.25) is 4.84 Å². The number of rotatable bonds is 5. The van der Waals surface area contributed by atoms with Crippen molar-refractivity contribution in [2.24, 2.45) is 0 Å². The number of ether oxygens (including phenoxy) is 2. The molecule has 0 fully saturated rings. The number of aromatic carboxylic acids is 1. The van der Waals surface area contributed by atoms with E-state index in [1.165, 1.54) is 42.6 Å². The summed E-state index contributed by atoms with van der Waals surface area (Å²) < 4.78 is 46.0. The third kappa shape index (κ3) is 4.47. The first-order valence-corrected chi connectivity index (χ1v) is 7.55. The van der Waals surface area contributed by atoms with Crippen LogP contribution >= 0.6 is 0 Å². The molecule has 27 heavy (non-hydrogen) atoms. The maximum atomic E-state index is 12.2. The number of halogens is 3. The third-order valence-electron chi connectivity index (χ3n) is 3.61. The molecular formula is C17H13F3N2O5. The second-order valence-electron chi connectivity index (χ2n) is 5.68. The third-order valence-corrected chi connectivity index (χ3v) is 3.61. The Labute approximate surface area is 150 Å². The van der Waals surface area contributed by atoms with Crippen molar-refractivity contribution in [3.05, 3.63) is 65.8 Å². The summed E-state index contributed by atoms with van der Waals surface area (Å²) in [7, 11) is 0. The summed E-state index contributed by atoms with van der Waals surface area (Å²) in [6.07, 6.45) is -1.94. The summed E-state index contributed by atoms with van der Waals surface area (Å²) in [5.74, 6) is -1.00. The predicted octanol–water partition coefficient (Wildman–Crippen LogP) is 3.35. The maximum absolute atomic E-state index is 12.2. The lowest BCUT2D eigenvalue weighted by molar-refractivity contribution is -0.274. The molecule has 2 aromatic rings. The van der Waals surface area contributed by atoms with Crippen LogP contribution < -0.4 is 15.0 Å². The molecule has 0 spiro atoms. The fourth-order valence-corrected chi connectivity index (χ4v) is 2.34. The highest BCUT2D eigenvalue weighted by Crippen LogP contribution is 2.33. The van der Waals surface area contributed by atoms with E-state index in [0.717, 1.165) is 0 Å². The average Bonchev–Trinajstić information content (AvgIpc) is 2.96. The van der Waals surface area contributed by atoms with Gasteiger partial charge in [0.05, 0.1) is 6.20 Å². The Hall–Kier alpha value is -3.27. The Morgan fingerprint density at radius 1 is 1.19 bits per heavy atom. The van der Waals surface area contributed by atoms with Crippen molar-refractivity contribution >= 4 is 5.97 Å². The van der Waals surface area contributed by atoms with Gasteiger partial charge in [-0.15, -0.1) is 13.2 Å². The van der Waals surface area contributed by atoms with E-state index in [-0.39, 0.29) is 23.1 Å². The average molecular weight is 382 g/mol. The largest absolute Gasteiger partial charge is 0.573 e. The molecule has 1 aliphatic heterocycles. The first-order valence-electron chi connectivity index (χ1n) is 7.55. The summed E-state index contributed by atoms with van der Waals surface area (Å²) in [6, 6.07) is 7.94. The molecule has 7 nitrogen and oxygen atoms in total. The molecule has 0 radical (unpaired) electrons. The lowest BCUT2D eigenvalue weighted by Gasteiger charge is -2.20. The Morgan fingerprint density at radius 2 is 1.85 bits per heavy atom. The van der Waals surface area contributed by atoms with E-state index in [1.807, 2.05) is 0 Å². The van der Waals surface area contributed by atoms with Crippen LogP contribution in [0.1, 0.15) is 23.0 Å². The molecule has 1 atom stereocenters. The zero-order valence-corrected chi connectivity index (χ0v) is 13.8. The second kappa shape index (κ2) is 6.80. The van der Waals surface area contributed by atoms with Gasteiger partial charge in [0.25, 0.3) is 0 Å². The van der Waals surface area contributed by atoms with Gasteiger partial charge < -0.3 is 14.6 Å². The number of nitrogens with one attached hydrogen (secondary N) is 1. The number of carbonyl (C=O) groups is 1. The monoisotopic (exact) mass is 382 g/mol. The molecule has 2 N–H and O–H groups in total. The van der Waals surface area contributed by atoms with Crippen molar-refractivity contribution in [2.75, 3.05) is 0 Å². The van der Waals surface area contributed by atoms with E-state index in [4.69, 9.17) is 14.7 Å². The van der Waals surface area contributed by atoms with Crippen LogP contribution in [0, 0.1) is 0 Å². The van der Waals surface area contributed by atoms with Crippen LogP contribution in [0.25, 0.3) is 0 Å². The number of carboxylic acid groups (broad SMARTS) is 1. The Morgan fingerprint density at radius 3 is 2.41 bits per heavy atom. The Balaban J connectivity index is 1.72. The highest BCUT2D eigenvalue weighted by molar-refractivity contribution is 5.85. The Kier molecular flexibility index (Phi) is 4.66. The molecule has 0 bridgehead atoms. The molecule has 1 aliphatic rings. The minimum absolute atomic E-state index is 0.127. The highest BCUT2D eigenvalue weighted by Gasteiger charge is 2.34. The molecule has 10 heteroatoms. The Bertz CT molecular complexity index is 866. The van der Waals surface area contributed by atoms with Gasteiger partial charge in [-0.2, -0.15) is 0 Å². The lowest BCUT2D eigenvalue weighted by atomic mass is 9.96. The molecule has 3 rings (SSSR count). The fourth-order valence-electron chi connectivity index (χ4n) is 2.34. The molecule has 1 aromatic carbocycles. The van der Waals surface area contributed by atoms with Crippen LogP contribution in [0.2, 0.25) is 0 Å². The van der Waals surface area contributed by atoms with E-state index in [9.17, 15) is 18.0 Å². The molecule has 2 heterocycles. The fraction of sp³-hybridized carbons (Fsp3) is 0.176. The SMILES string of the molecule is CC1(c2ccc(OC(F)(F)F)cc2)C=C(Oc2ccc(C(=O)O)nc2)NO1. The van der Waals surface area contributed by atoms with Crippen molar-refractivity contribution in [1.29, 1.82) is 0 Å². The zero-order chi connectivity index (χ0) is 19.7. The number of hydrogen-bond acceptors (Lipinski definition) is 6. The molecule has 0 amide bonds. The zero-order valence-electron chi connectivity index (χ0n) is 13.8. The highest BCUT2D eigenvalue weighted by atomic mass is 19.4. The van der Waals surface area contributed by atoms with Gasteiger partial charge in [0.2, 0.25) is 5.88 Å². The standard InChI is InChI=1S/C17H13F3N2O5/c1-16(10-2-4-11(5-3-10)26-17(18,19)20)8-14(22-27-16)25-12-6-7-13(15(23)24)21-9-12/h2-9,22H,1H3,(H,23,24). The van der Waals surface area contributed by atoms with E-state index < -0.39 is 17.9 Å². The summed E-state index contributed by atoms with van der Waals surface area (Å²) in [4.78, 5) is 20.0.